The zero-order valence-corrected chi connectivity index (χ0v) is 9.21. The van der Waals surface area contributed by atoms with E-state index in [2.05, 4.69) is 31.6 Å². The SMILES string of the molecule is Cn1cc(OCC(C)(C)CS)cn1. The van der Waals surface area contributed by atoms with Crippen LogP contribution in [0.4, 0.5) is 0 Å². The van der Waals surface area contributed by atoms with Crippen molar-refractivity contribution in [3.63, 3.8) is 0 Å². The number of hydrogen-bond donors (Lipinski definition) is 1. The van der Waals surface area contributed by atoms with Gasteiger partial charge in [0.2, 0.25) is 0 Å². The van der Waals surface area contributed by atoms with Crippen molar-refractivity contribution in [2.45, 2.75) is 13.8 Å². The van der Waals surface area contributed by atoms with Crippen LogP contribution in [0, 0.1) is 5.41 Å². The van der Waals surface area contributed by atoms with E-state index in [9.17, 15) is 0 Å². The van der Waals surface area contributed by atoms with Crippen LogP contribution in [0.2, 0.25) is 0 Å². The van der Waals surface area contributed by atoms with E-state index in [0.717, 1.165) is 11.5 Å². The maximum Gasteiger partial charge on any atom is 0.157 e. The van der Waals surface area contributed by atoms with Gasteiger partial charge in [-0.25, -0.2) is 0 Å². The minimum atomic E-state index is 0.110. The minimum Gasteiger partial charge on any atom is -0.490 e. The molecule has 74 valence electrons. The van der Waals surface area contributed by atoms with Crippen molar-refractivity contribution in [1.82, 2.24) is 9.78 Å². The third-order valence-corrected chi connectivity index (χ3v) is 2.59. The van der Waals surface area contributed by atoms with Crippen LogP contribution in [-0.2, 0) is 7.05 Å². The Hall–Kier alpha value is -0.640. The summed E-state index contributed by atoms with van der Waals surface area (Å²) in [5, 5.41) is 4.02. The van der Waals surface area contributed by atoms with E-state index in [1.54, 1.807) is 10.9 Å². The molecule has 3 nitrogen and oxygen atoms in total. The Bertz CT molecular complexity index is 270. The van der Waals surface area contributed by atoms with Crippen LogP contribution in [0.3, 0.4) is 0 Å². The number of rotatable bonds is 4. The lowest BCUT2D eigenvalue weighted by Gasteiger charge is -2.21. The molecule has 0 amide bonds. The molecule has 0 fully saturated rings. The zero-order chi connectivity index (χ0) is 9.90. The summed E-state index contributed by atoms with van der Waals surface area (Å²) in [6.07, 6.45) is 3.57. The van der Waals surface area contributed by atoms with Gasteiger partial charge in [-0.05, 0) is 5.75 Å². The molecule has 1 heterocycles. The Morgan fingerprint density at radius 1 is 1.62 bits per heavy atom. The van der Waals surface area contributed by atoms with Crippen LogP contribution in [0.25, 0.3) is 0 Å². The molecule has 13 heavy (non-hydrogen) atoms. The summed E-state index contributed by atoms with van der Waals surface area (Å²) >= 11 is 4.25. The topological polar surface area (TPSA) is 27.1 Å². The third kappa shape index (κ3) is 3.30. The molecule has 0 N–H and O–H groups in total. The molecule has 0 radical (unpaired) electrons. The number of aromatic nitrogens is 2. The Kier molecular flexibility index (Phi) is 3.25. The molecule has 0 aromatic carbocycles. The lowest BCUT2D eigenvalue weighted by atomic mass is 9.98. The molecule has 0 bridgehead atoms. The fourth-order valence-electron chi connectivity index (χ4n) is 0.798. The highest BCUT2D eigenvalue weighted by atomic mass is 32.1. The van der Waals surface area contributed by atoms with Gasteiger partial charge in [-0.2, -0.15) is 17.7 Å². The van der Waals surface area contributed by atoms with Gasteiger partial charge in [-0.1, -0.05) is 13.8 Å². The normalized spacial score (nSPS) is 11.7. The second kappa shape index (κ2) is 4.05. The molecule has 0 saturated carbocycles. The second-order valence-electron chi connectivity index (χ2n) is 3.96. The molecular formula is C9H16N2OS. The molecule has 0 atom stereocenters. The van der Waals surface area contributed by atoms with Crippen molar-refractivity contribution in [3.05, 3.63) is 12.4 Å². The monoisotopic (exact) mass is 200 g/mol. The van der Waals surface area contributed by atoms with Crippen LogP contribution in [0.15, 0.2) is 12.4 Å². The van der Waals surface area contributed by atoms with Crippen LogP contribution in [0.5, 0.6) is 5.75 Å². The maximum absolute atomic E-state index is 5.55. The lowest BCUT2D eigenvalue weighted by Crippen LogP contribution is -2.22. The summed E-state index contributed by atoms with van der Waals surface area (Å²) in [5.74, 6) is 1.63. The van der Waals surface area contributed by atoms with E-state index in [1.807, 2.05) is 13.2 Å². The fourth-order valence-corrected chi connectivity index (χ4v) is 0.889. The van der Waals surface area contributed by atoms with E-state index in [-0.39, 0.29) is 5.41 Å². The van der Waals surface area contributed by atoms with Crippen molar-refractivity contribution in [1.29, 1.82) is 0 Å². The van der Waals surface area contributed by atoms with Crippen LogP contribution in [0.1, 0.15) is 13.8 Å². The van der Waals surface area contributed by atoms with Gasteiger partial charge in [-0.3, -0.25) is 4.68 Å². The second-order valence-corrected chi connectivity index (χ2v) is 4.28. The van der Waals surface area contributed by atoms with Gasteiger partial charge in [0.25, 0.3) is 0 Å². The first-order chi connectivity index (χ1) is 6.03. The molecule has 0 aliphatic heterocycles. The quantitative estimate of drug-likeness (QED) is 0.750. The van der Waals surface area contributed by atoms with Gasteiger partial charge in [0.05, 0.1) is 19.0 Å². The summed E-state index contributed by atoms with van der Waals surface area (Å²) in [7, 11) is 1.87. The predicted octanol–water partition coefficient (Wildman–Crippen LogP) is 1.75. The van der Waals surface area contributed by atoms with E-state index in [0.29, 0.717) is 6.61 Å². The third-order valence-electron chi connectivity index (χ3n) is 1.74. The largest absolute Gasteiger partial charge is 0.490 e. The van der Waals surface area contributed by atoms with Crippen LogP contribution < -0.4 is 4.74 Å². The Morgan fingerprint density at radius 3 is 2.77 bits per heavy atom. The number of ether oxygens (including phenoxy) is 1. The number of thiol groups is 1. The first-order valence-electron chi connectivity index (χ1n) is 4.26. The Morgan fingerprint density at radius 2 is 2.31 bits per heavy atom. The average molecular weight is 200 g/mol. The first-order valence-corrected chi connectivity index (χ1v) is 4.89. The van der Waals surface area contributed by atoms with Gasteiger partial charge >= 0.3 is 0 Å². The van der Waals surface area contributed by atoms with Crippen molar-refractivity contribution in [2.75, 3.05) is 12.4 Å². The van der Waals surface area contributed by atoms with Gasteiger partial charge in [0.15, 0.2) is 5.75 Å². The van der Waals surface area contributed by atoms with Gasteiger partial charge in [0.1, 0.15) is 0 Å². The number of aryl methyl sites for hydroxylation is 1. The highest BCUT2D eigenvalue weighted by Gasteiger charge is 2.16. The van der Waals surface area contributed by atoms with Crippen molar-refractivity contribution >= 4 is 12.6 Å². The summed E-state index contributed by atoms with van der Waals surface area (Å²) in [6.45, 7) is 4.91. The molecule has 0 aliphatic rings. The number of hydrogen-bond acceptors (Lipinski definition) is 3. The van der Waals surface area contributed by atoms with Crippen molar-refractivity contribution in [2.24, 2.45) is 12.5 Å². The minimum absolute atomic E-state index is 0.110. The van der Waals surface area contributed by atoms with Crippen molar-refractivity contribution in [3.8, 4) is 5.75 Å². The Balaban J connectivity index is 2.43. The Labute approximate surface area is 84.5 Å². The van der Waals surface area contributed by atoms with Crippen molar-refractivity contribution < 1.29 is 4.74 Å². The molecular weight excluding hydrogens is 184 g/mol. The molecule has 0 spiro atoms. The van der Waals surface area contributed by atoms with Gasteiger partial charge < -0.3 is 4.74 Å². The molecule has 1 aromatic rings. The van der Waals surface area contributed by atoms with Crippen LogP contribution >= 0.6 is 12.6 Å². The fraction of sp³-hybridized carbons (Fsp3) is 0.667. The predicted molar refractivity (Wildman–Crippen MR) is 56.3 cm³/mol. The smallest absolute Gasteiger partial charge is 0.157 e. The molecule has 1 rings (SSSR count). The zero-order valence-electron chi connectivity index (χ0n) is 8.32. The van der Waals surface area contributed by atoms with E-state index >= 15 is 0 Å². The van der Waals surface area contributed by atoms with Gasteiger partial charge in [0, 0.05) is 12.5 Å². The average Bonchev–Trinajstić information content (AvgIpc) is 2.48. The summed E-state index contributed by atoms with van der Waals surface area (Å²) in [5.41, 5.74) is 0.110. The van der Waals surface area contributed by atoms with E-state index in [4.69, 9.17) is 4.74 Å². The molecule has 0 saturated heterocycles. The summed E-state index contributed by atoms with van der Waals surface area (Å²) in [4.78, 5) is 0. The number of nitrogens with zero attached hydrogens (tertiary/aromatic N) is 2. The highest BCUT2D eigenvalue weighted by molar-refractivity contribution is 7.80. The summed E-state index contributed by atoms with van der Waals surface area (Å²) in [6, 6.07) is 0. The van der Waals surface area contributed by atoms with Crippen LogP contribution in [-0.4, -0.2) is 22.1 Å². The first kappa shape index (κ1) is 10.4. The standard InChI is InChI=1S/C9H16N2OS/c1-9(2,7-13)6-12-8-4-10-11(3)5-8/h4-5,13H,6-7H2,1-3H3. The summed E-state index contributed by atoms with van der Waals surface area (Å²) < 4.78 is 7.28. The van der Waals surface area contributed by atoms with Gasteiger partial charge in [-0.15, -0.1) is 0 Å². The molecule has 0 aliphatic carbocycles. The lowest BCUT2D eigenvalue weighted by molar-refractivity contribution is 0.202. The maximum atomic E-state index is 5.55. The van der Waals surface area contributed by atoms with E-state index in [1.165, 1.54) is 0 Å². The molecule has 4 heteroatoms. The van der Waals surface area contributed by atoms with E-state index < -0.39 is 0 Å². The molecule has 0 unspecified atom stereocenters. The highest BCUT2D eigenvalue weighted by Crippen LogP contribution is 2.19. The molecule has 1 aromatic heterocycles.